The smallest absolute Gasteiger partial charge is 0.256 e. The van der Waals surface area contributed by atoms with Gasteiger partial charge < -0.3 is 16.0 Å². The van der Waals surface area contributed by atoms with Gasteiger partial charge in [0.15, 0.2) is 0 Å². The highest BCUT2D eigenvalue weighted by Crippen LogP contribution is 2.25. The number of hydrogen-bond donors (Lipinski definition) is 3. The summed E-state index contributed by atoms with van der Waals surface area (Å²) in [6.45, 7) is 5.59. The number of nitrogens with one attached hydrogen (secondary N) is 3. The highest BCUT2D eigenvalue weighted by atomic mass is 35.5. The molecule has 6 heteroatoms. The Balaban J connectivity index is 2.22. The lowest BCUT2D eigenvalue weighted by Crippen LogP contribution is -2.16. The third-order valence-corrected chi connectivity index (χ3v) is 4.34. The molecule has 138 valence electrons. The van der Waals surface area contributed by atoms with E-state index in [1.54, 1.807) is 30.3 Å². The maximum atomic E-state index is 12.5. The second-order valence-electron chi connectivity index (χ2n) is 5.50. The summed E-state index contributed by atoms with van der Waals surface area (Å²) in [6, 6.07) is 16.2. The van der Waals surface area contributed by atoms with Crippen molar-refractivity contribution in [3.63, 3.8) is 0 Å². The molecule has 0 aliphatic carbocycles. The first kappa shape index (κ1) is 20.5. The normalized spacial score (nSPS) is 12.0. The summed E-state index contributed by atoms with van der Waals surface area (Å²) in [4.78, 5) is 12.5. The van der Waals surface area contributed by atoms with Crippen LogP contribution in [-0.2, 0) is 4.79 Å². The number of allylic oxidation sites excluding steroid dienone is 2. The quantitative estimate of drug-likeness (QED) is 0.304. The molecular weight excluding hydrogens is 381 g/mol. The van der Waals surface area contributed by atoms with Gasteiger partial charge in [-0.2, -0.15) is 0 Å². The predicted octanol–water partition coefficient (Wildman–Crippen LogP) is 5.99. The molecule has 2 aromatic carbocycles. The van der Waals surface area contributed by atoms with E-state index in [0.29, 0.717) is 22.0 Å². The van der Waals surface area contributed by atoms with Crippen molar-refractivity contribution in [2.24, 2.45) is 0 Å². The number of benzene rings is 2. The third kappa shape index (κ3) is 5.58. The molecular formula is C21H19Cl2N3O. The van der Waals surface area contributed by atoms with Crippen LogP contribution in [-0.4, -0.2) is 12.1 Å². The summed E-state index contributed by atoms with van der Waals surface area (Å²) in [7, 11) is 0. The average Bonchev–Trinajstić information content (AvgIpc) is 2.69. The number of hydrogen-bond acceptors (Lipinski definition) is 3. The Morgan fingerprint density at radius 1 is 1.04 bits per heavy atom. The fourth-order valence-corrected chi connectivity index (χ4v) is 2.60. The van der Waals surface area contributed by atoms with E-state index >= 15 is 0 Å². The molecule has 2 aromatic rings. The zero-order valence-corrected chi connectivity index (χ0v) is 16.2. The molecule has 0 radical (unpaired) electrons. The van der Waals surface area contributed by atoms with Crippen LogP contribution in [0.4, 0.5) is 11.4 Å². The molecule has 4 nitrogen and oxygen atoms in total. The largest absolute Gasteiger partial charge is 0.355 e. The zero-order valence-electron chi connectivity index (χ0n) is 14.7. The van der Waals surface area contributed by atoms with E-state index in [0.717, 1.165) is 11.9 Å². The number of rotatable bonds is 7. The minimum absolute atomic E-state index is 0.0549. The summed E-state index contributed by atoms with van der Waals surface area (Å²) < 4.78 is 0. The Labute approximate surface area is 168 Å². The molecule has 0 unspecified atom stereocenters. The van der Waals surface area contributed by atoms with E-state index in [1.165, 1.54) is 0 Å². The number of amides is 1. The van der Waals surface area contributed by atoms with Crippen molar-refractivity contribution in [2.75, 3.05) is 10.6 Å². The summed E-state index contributed by atoms with van der Waals surface area (Å²) >= 11 is 12.2. The van der Waals surface area contributed by atoms with Crippen molar-refractivity contribution < 1.29 is 4.79 Å². The van der Waals surface area contributed by atoms with Crippen LogP contribution in [0.5, 0.6) is 0 Å². The van der Waals surface area contributed by atoms with Gasteiger partial charge in [-0.1, -0.05) is 54.1 Å². The maximum Gasteiger partial charge on any atom is 0.256 e. The van der Waals surface area contributed by atoms with Crippen LogP contribution in [0, 0.1) is 5.41 Å². The van der Waals surface area contributed by atoms with E-state index in [9.17, 15) is 4.79 Å². The van der Waals surface area contributed by atoms with E-state index in [1.807, 2.05) is 37.3 Å². The highest BCUT2D eigenvalue weighted by Gasteiger charge is 2.17. The minimum atomic E-state index is -0.461. The molecule has 1 amide bonds. The van der Waals surface area contributed by atoms with Gasteiger partial charge >= 0.3 is 0 Å². The van der Waals surface area contributed by atoms with Crippen LogP contribution in [0.15, 0.2) is 89.1 Å². The second-order valence-corrected chi connectivity index (χ2v) is 6.32. The monoisotopic (exact) mass is 399 g/mol. The molecule has 0 saturated carbocycles. The molecule has 0 atom stereocenters. The third-order valence-electron chi connectivity index (χ3n) is 3.65. The van der Waals surface area contributed by atoms with Crippen LogP contribution in [0.1, 0.15) is 6.92 Å². The number of para-hydroxylation sites is 1. The molecule has 2 rings (SSSR count). The summed E-state index contributed by atoms with van der Waals surface area (Å²) in [6.07, 6.45) is 2.87. The minimum Gasteiger partial charge on any atom is -0.355 e. The lowest BCUT2D eigenvalue weighted by molar-refractivity contribution is -0.112. The van der Waals surface area contributed by atoms with Gasteiger partial charge in [-0.25, -0.2) is 0 Å². The van der Waals surface area contributed by atoms with Crippen LogP contribution < -0.4 is 10.6 Å². The van der Waals surface area contributed by atoms with Gasteiger partial charge in [0.2, 0.25) is 0 Å². The predicted molar refractivity (Wildman–Crippen MR) is 115 cm³/mol. The first-order valence-electron chi connectivity index (χ1n) is 8.11. The van der Waals surface area contributed by atoms with Gasteiger partial charge in [-0.05, 0) is 43.3 Å². The first-order chi connectivity index (χ1) is 13.0. The summed E-state index contributed by atoms with van der Waals surface area (Å²) in [5.74, 6) is -0.461. The van der Waals surface area contributed by atoms with Crippen LogP contribution in [0.2, 0.25) is 5.02 Å². The fraction of sp³-hybridized carbons (Fsp3) is 0.0476. The van der Waals surface area contributed by atoms with Crippen molar-refractivity contribution in [3.8, 4) is 0 Å². The van der Waals surface area contributed by atoms with Gasteiger partial charge in [0.05, 0.1) is 10.6 Å². The molecule has 0 bridgehead atoms. The number of halogens is 2. The SMILES string of the molecule is C=C(C(=O)Nc1ccc(Cl)cc1)/C(Cl)=C(C=N)\C(=C/C)Nc1ccccc1. The highest BCUT2D eigenvalue weighted by molar-refractivity contribution is 6.38. The standard InChI is InChI=1S/C21H19Cl2N3O/c1-3-19(25-16-7-5-4-6-8-16)18(13-24)20(23)14(2)21(27)26-17-11-9-15(22)10-12-17/h3-13,24-25H,2H2,1H3,(H,26,27)/b19-3+,20-18+,24-13?. The van der Waals surface area contributed by atoms with Gasteiger partial charge in [0.25, 0.3) is 5.91 Å². The number of carbonyl (C=O) groups excluding carboxylic acids is 1. The lowest BCUT2D eigenvalue weighted by Gasteiger charge is -2.15. The van der Waals surface area contributed by atoms with Crippen LogP contribution >= 0.6 is 23.2 Å². The first-order valence-corrected chi connectivity index (χ1v) is 8.87. The summed E-state index contributed by atoms with van der Waals surface area (Å²) in [5.41, 5.74) is 2.42. The maximum absolute atomic E-state index is 12.5. The molecule has 0 fully saturated rings. The van der Waals surface area contributed by atoms with Crippen molar-refractivity contribution in [3.05, 3.63) is 94.2 Å². The average molecular weight is 400 g/mol. The molecule has 0 spiro atoms. The molecule has 0 aliphatic rings. The summed E-state index contributed by atoms with van der Waals surface area (Å²) in [5, 5.41) is 14.3. The Kier molecular flexibility index (Phi) is 7.41. The molecule has 3 N–H and O–H groups in total. The topological polar surface area (TPSA) is 65.0 Å². The van der Waals surface area contributed by atoms with E-state index in [2.05, 4.69) is 17.2 Å². The van der Waals surface area contributed by atoms with Crippen molar-refractivity contribution in [2.45, 2.75) is 6.92 Å². The van der Waals surface area contributed by atoms with Crippen molar-refractivity contribution >= 4 is 46.7 Å². The van der Waals surface area contributed by atoms with E-state index < -0.39 is 5.91 Å². The van der Waals surface area contributed by atoms with E-state index in [4.69, 9.17) is 28.6 Å². The van der Waals surface area contributed by atoms with Gasteiger partial charge in [0.1, 0.15) is 0 Å². The molecule has 27 heavy (non-hydrogen) atoms. The van der Waals surface area contributed by atoms with Gasteiger partial charge in [-0.3, -0.25) is 4.79 Å². The molecule has 0 saturated heterocycles. The van der Waals surface area contributed by atoms with Crippen LogP contribution in [0.3, 0.4) is 0 Å². The van der Waals surface area contributed by atoms with Gasteiger partial charge in [-0.15, -0.1) is 0 Å². The Morgan fingerprint density at radius 2 is 1.63 bits per heavy atom. The number of anilines is 2. The van der Waals surface area contributed by atoms with Gasteiger partial charge in [0, 0.05) is 33.9 Å². The molecule has 0 aliphatic heterocycles. The Hall–Kier alpha value is -2.82. The van der Waals surface area contributed by atoms with Crippen LogP contribution in [0.25, 0.3) is 0 Å². The van der Waals surface area contributed by atoms with Crippen molar-refractivity contribution in [1.29, 1.82) is 5.41 Å². The number of carbonyl (C=O) groups is 1. The second kappa shape index (κ2) is 9.76. The molecule has 0 aromatic heterocycles. The molecule has 0 heterocycles. The Morgan fingerprint density at radius 3 is 2.19 bits per heavy atom. The van der Waals surface area contributed by atoms with Crippen molar-refractivity contribution in [1.82, 2.24) is 0 Å². The Bertz CT molecular complexity index is 901. The zero-order chi connectivity index (χ0) is 19.8. The lowest BCUT2D eigenvalue weighted by atomic mass is 10.1. The van der Waals surface area contributed by atoms with E-state index in [-0.39, 0.29) is 10.6 Å². The fourth-order valence-electron chi connectivity index (χ4n) is 2.23.